The standard InChI is InChI=1S/C12H26N2O/c1-6-8-12(4,11(15)13-5)14-9-10(3)7-2/h10,14H,6-9H2,1-5H3,(H,13,15). The summed E-state index contributed by atoms with van der Waals surface area (Å²) in [5, 5.41) is 6.12. The third kappa shape index (κ3) is 4.65. The van der Waals surface area contributed by atoms with Gasteiger partial charge in [0.05, 0.1) is 5.54 Å². The lowest BCUT2D eigenvalue weighted by molar-refractivity contribution is -0.126. The average molecular weight is 214 g/mol. The highest BCUT2D eigenvalue weighted by Gasteiger charge is 2.30. The second-order valence-corrected chi connectivity index (χ2v) is 4.56. The van der Waals surface area contributed by atoms with Crippen molar-refractivity contribution in [3.63, 3.8) is 0 Å². The molecular weight excluding hydrogens is 188 g/mol. The minimum absolute atomic E-state index is 0.0904. The summed E-state index contributed by atoms with van der Waals surface area (Å²) in [6.07, 6.45) is 3.03. The van der Waals surface area contributed by atoms with E-state index in [0.717, 1.165) is 25.8 Å². The first-order valence-corrected chi connectivity index (χ1v) is 5.97. The number of amides is 1. The zero-order valence-electron chi connectivity index (χ0n) is 10.8. The normalized spacial score (nSPS) is 16.9. The van der Waals surface area contributed by atoms with Crippen molar-refractivity contribution in [3.8, 4) is 0 Å². The highest BCUT2D eigenvalue weighted by molar-refractivity contribution is 5.85. The maximum Gasteiger partial charge on any atom is 0.239 e. The van der Waals surface area contributed by atoms with Crippen LogP contribution in [-0.2, 0) is 4.79 Å². The molecule has 2 N–H and O–H groups in total. The number of carbonyl (C=O) groups is 1. The third-order valence-electron chi connectivity index (χ3n) is 3.02. The number of nitrogens with one attached hydrogen (secondary N) is 2. The highest BCUT2D eigenvalue weighted by atomic mass is 16.2. The Labute approximate surface area is 94.0 Å². The summed E-state index contributed by atoms with van der Waals surface area (Å²) in [4.78, 5) is 11.8. The average Bonchev–Trinajstić information content (AvgIpc) is 2.25. The van der Waals surface area contributed by atoms with Gasteiger partial charge in [-0.1, -0.05) is 33.6 Å². The van der Waals surface area contributed by atoms with Crippen molar-refractivity contribution >= 4 is 5.91 Å². The molecule has 0 rings (SSSR count). The Kier molecular flexibility index (Phi) is 6.57. The van der Waals surface area contributed by atoms with Gasteiger partial charge in [0.25, 0.3) is 0 Å². The minimum Gasteiger partial charge on any atom is -0.358 e. The zero-order valence-corrected chi connectivity index (χ0v) is 10.8. The van der Waals surface area contributed by atoms with E-state index in [4.69, 9.17) is 0 Å². The molecular formula is C12H26N2O. The lowest BCUT2D eigenvalue weighted by Crippen LogP contribution is -2.55. The molecule has 15 heavy (non-hydrogen) atoms. The topological polar surface area (TPSA) is 41.1 Å². The van der Waals surface area contributed by atoms with E-state index < -0.39 is 5.54 Å². The van der Waals surface area contributed by atoms with Gasteiger partial charge in [0.1, 0.15) is 0 Å². The molecule has 0 aromatic rings. The fraction of sp³-hybridized carbons (Fsp3) is 0.917. The van der Waals surface area contributed by atoms with E-state index in [1.807, 2.05) is 6.92 Å². The van der Waals surface area contributed by atoms with Crippen LogP contribution in [0.3, 0.4) is 0 Å². The lowest BCUT2D eigenvalue weighted by atomic mass is 9.94. The molecule has 0 heterocycles. The lowest BCUT2D eigenvalue weighted by Gasteiger charge is -2.30. The van der Waals surface area contributed by atoms with Crippen LogP contribution in [0.5, 0.6) is 0 Å². The molecule has 0 aromatic carbocycles. The Balaban J connectivity index is 4.31. The molecule has 2 atom stereocenters. The number of carbonyl (C=O) groups excluding carboxylic acids is 1. The van der Waals surface area contributed by atoms with Crippen molar-refractivity contribution in [3.05, 3.63) is 0 Å². The fourth-order valence-corrected chi connectivity index (χ4v) is 1.60. The fourth-order valence-electron chi connectivity index (χ4n) is 1.60. The minimum atomic E-state index is -0.410. The first kappa shape index (κ1) is 14.4. The van der Waals surface area contributed by atoms with Gasteiger partial charge in [-0.3, -0.25) is 4.79 Å². The molecule has 0 spiro atoms. The number of hydrogen-bond acceptors (Lipinski definition) is 2. The van der Waals surface area contributed by atoms with E-state index >= 15 is 0 Å². The Hall–Kier alpha value is -0.570. The summed E-state index contributed by atoms with van der Waals surface area (Å²) in [5.74, 6) is 0.707. The molecule has 2 unspecified atom stereocenters. The molecule has 0 aliphatic rings. The van der Waals surface area contributed by atoms with Crippen molar-refractivity contribution in [2.24, 2.45) is 5.92 Å². The van der Waals surface area contributed by atoms with Crippen LogP contribution in [0.15, 0.2) is 0 Å². The predicted molar refractivity (Wildman–Crippen MR) is 64.8 cm³/mol. The Morgan fingerprint density at radius 1 is 1.40 bits per heavy atom. The number of rotatable bonds is 7. The SMILES string of the molecule is CCCC(C)(NCC(C)CC)C(=O)NC. The summed E-state index contributed by atoms with van der Waals surface area (Å²) in [6, 6.07) is 0. The highest BCUT2D eigenvalue weighted by Crippen LogP contribution is 2.13. The molecule has 0 saturated carbocycles. The van der Waals surface area contributed by atoms with E-state index in [1.165, 1.54) is 0 Å². The molecule has 0 aliphatic carbocycles. The van der Waals surface area contributed by atoms with E-state index in [2.05, 4.69) is 31.4 Å². The van der Waals surface area contributed by atoms with Crippen molar-refractivity contribution in [2.75, 3.05) is 13.6 Å². The second-order valence-electron chi connectivity index (χ2n) is 4.56. The van der Waals surface area contributed by atoms with Gasteiger partial charge in [0.2, 0.25) is 5.91 Å². The van der Waals surface area contributed by atoms with Gasteiger partial charge < -0.3 is 10.6 Å². The quantitative estimate of drug-likeness (QED) is 0.680. The van der Waals surface area contributed by atoms with Crippen molar-refractivity contribution in [1.82, 2.24) is 10.6 Å². The summed E-state index contributed by atoms with van der Waals surface area (Å²) in [5.41, 5.74) is -0.410. The van der Waals surface area contributed by atoms with Gasteiger partial charge >= 0.3 is 0 Å². The molecule has 90 valence electrons. The third-order valence-corrected chi connectivity index (χ3v) is 3.02. The second kappa shape index (κ2) is 6.83. The van der Waals surface area contributed by atoms with Crippen LogP contribution in [0.1, 0.15) is 47.0 Å². The summed E-state index contributed by atoms with van der Waals surface area (Å²) in [7, 11) is 1.70. The van der Waals surface area contributed by atoms with Gasteiger partial charge in [-0.15, -0.1) is 0 Å². The van der Waals surface area contributed by atoms with Crippen LogP contribution in [-0.4, -0.2) is 25.0 Å². The zero-order chi connectivity index (χ0) is 11.9. The number of likely N-dealkylation sites (N-methyl/N-ethyl adjacent to an activating group) is 1. The van der Waals surface area contributed by atoms with Crippen molar-refractivity contribution < 1.29 is 4.79 Å². The largest absolute Gasteiger partial charge is 0.358 e. The summed E-state index contributed by atoms with van der Waals surface area (Å²) in [6.45, 7) is 9.36. The van der Waals surface area contributed by atoms with Crippen LogP contribution >= 0.6 is 0 Å². The first-order valence-electron chi connectivity index (χ1n) is 5.97. The Morgan fingerprint density at radius 2 is 2.00 bits per heavy atom. The maximum atomic E-state index is 11.8. The van der Waals surface area contributed by atoms with Crippen LogP contribution in [0.4, 0.5) is 0 Å². The van der Waals surface area contributed by atoms with Crippen LogP contribution < -0.4 is 10.6 Å². The van der Waals surface area contributed by atoms with Gasteiger partial charge in [-0.25, -0.2) is 0 Å². The molecule has 0 bridgehead atoms. The van der Waals surface area contributed by atoms with Crippen molar-refractivity contribution in [2.45, 2.75) is 52.5 Å². The monoisotopic (exact) mass is 214 g/mol. The molecule has 0 aromatic heterocycles. The smallest absolute Gasteiger partial charge is 0.239 e. The van der Waals surface area contributed by atoms with E-state index in [-0.39, 0.29) is 5.91 Å². The van der Waals surface area contributed by atoms with E-state index in [1.54, 1.807) is 7.05 Å². The van der Waals surface area contributed by atoms with Crippen LogP contribution in [0, 0.1) is 5.92 Å². The van der Waals surface area contributed by atoms with Gasteiger partial charge in [-0.2, -0.15) is 0 Å². The maximum absolute atomic E-state index is 11.8. The predicted octanol–water partition coefficient (Wildman–Crippen LogP) is 1.93. The van der Waals surface area contributed by atoms with Crippen LogP contribution in [0.25, 0.3) is 0 Å². The Bertz CT molecular complexity index is 194. The molecule has 3 heteroatoms. The molecule has 3 nitrogen and oxygen atoms in total. The van der Waals surface area contributed by atoms with Gasteiger partial charge in [0.15, 0.2) is 0 Å². The molecule has 0 fully saturated rings. The summed E-state index contributed by atoms with van der Waals surface area (Å²) < 4.78 is 0. The first-order chi connectivity index (χ1) is 7.00. The van der Waals surface area contributed by atoms with Crippen LogP contribution in [0.2, 0.25) is 0 Å². The van der Waals surface area contributed by atoms with Gasteiger partial charge in [0, 0.05) is 7.05 Å². The van der Waals surface area contributed by atoms with Crippen molar-refractivity contribution in [1.29, 1.82) is 0 Å². The molecule has 0 radical (unpaired) electrons. The molecule has 0 aliphatic heterocycles. The molecule has 0 saturated heterocycles. The van der Waals surface area contributed by atoms with Gasteiger partial charge in [-0.05, 0) is 25.8 Å². The summed E-state index contributed by atoms with van der Waals surface area (Å²) >= 11 is 0. The van der Waals surface area contributed by atoms with E-state index in [0.29, 0.717) is 5.92 Å². The Morgan fingerprint density at radius 3 is 2.40 bits per heavy atom. The number of hydrogen-bond donors (Lipinski definition) is 2. The van der Waals surface area contributed by atoms with E-state index in [9.17, 15) is 4.79 Å². The molecule has 1 amide bonds.